The van der Waals surface area contributed by atoms with Gasteiger partial charge in [-0.2, -0.15) is 0 Å². The van der Waals surface area contributed by atoms with Crippen LogP contribution in [-0.2, 0) is 17.8 Å². The van der Waals surface area contributed by atoms with E-state index < -0.39 is 0 Å². The molecule has 0 amide bonds. The standard InChI is InChI=1S/C15H21N3O/c1-10-7-16-8-13-6-11-2-3-12(9-19-14-4-5-14)17-15(11)18(10)13/h2-3,10,13-14,16H,4-9H2,1H3/t10-,13-/m1/s1. The molecule has 1 aromatic heterocycles. The van der Waals surface area contributed by atoms with E-state index in [9.17, 15) is 0 Å². The molecule has 1 saturated heterocycles. The van der Waals surface area contributed by atoms with Crippen molar-refractivity contribution >= 4 is 5.82 Å². The number of aromatic nitrogens is 1. The summed E-state index contributed by atoms with van der Waals surface area (Å²) in [4.78, 5) is 7.37. The molecule has 19 heavy (non-hydrogen) atoms. The second-order valence-corrected chi connectivity index (χ2v) is 6.07. The largest absolute Gasteiger partial charge is 0.372 e. The maximum Gasteiger partial charge on any atom is 0.132 e. The predicted molar refractivity (Wildman–Crippen MR) is 74.4 cm³/mol. The zero-order chi connectivity index (χ0) is 12.8. The minimum atomic E-state index is 0.501. The maximum atomic E-state index is 5.77. The Bertz CT molecular complexity index is 486. The Hall–Kier alpha value is -1.13. The van der Waals surface area contributed by atoms with E-state index in [1.165, 1.54) is 24.2 Å². The Kier molecular flexibility index (Phi) is 2.74. The Morgan fingerprint density at radius 1 is 1.37 bits per heavy atom. The number of rotatable bonds is 3. The molecule has 0 spiro atoms. The summed E-state index contributed by atoms with van der Waals surface area (Å²) in [6, 6.07) is 5.51. The number of hydrogen-bond acceptors (Lipinski definition) is 4. The lowest BCUT2D eigenvalue weighted by molar-refractivity contribution is 0.103. The number of fused-ring (bicyclic) bond motifs is 3. The van der Waals surface area contributed by atoms with Gasteiger partial charge in [-0.1, -0.05) is 6.07 Å². The van der Waals surface area contributed by atoms with Gasteiger partial charge in [-0.15, -0.1) is 0 Å². The van der Waals surface area contributed by atoms with Crippen LogP contribution in [-0.4, -0.2) is 36.3 Å². The van der Waals surface area contributed by atoms with Crippen molar-refractivity contribution in [2.75, 3.05) is 18.0 Å². The van der Waals surface area contributed by atoms with Crippen molar-refractivity contribution in [3.8, 4) is 0 Å². The second-order valence-electron chi connectivity index (χ2n) is 6.07. The van der Waals surface area contributed by atoms with E-state index in [2.05, 4.69) is 29.3 Å². The number of ether oxygens (including phenoxy) is 1. The van der Waals surface area contributed by atoms with Crippen LogP contribution in [0.3, 0.4) is 0 Å². The smallest absolute Gasteiger partial charge is 0.132 e. The second kappa shape index (κ2) is 4.46. The number of anilines is 1. The minimum Gasteiger partial charge on any atom is -0.372 e. The topological polar surface area (TPSA) is 37.4 Å². The van der Waals surface area contributed by atoms with Gasteiger partial charge in [0, 0.05) is 25.2 Å². The van der Waals surface area contributed by atoms with Gasteiger partial charge in [-0.05, 0) is 37.8 Å². The molecule has 2 atom stereocenters. The van der Waals surface area contributed by atoms with E-state index in [0.29, 0.717) is 24.8 Å². The Labute approximate surface area is 114 Å². The minimum absolute atomic E-state index is 0.501. The summed E-state index contributed by atoms with van der Waals surface area (Å²) in [5.41, 5.74) is 2.48. The molecule has 3 heterocycles. The summed E-state index contributed by atoms with van der Waals surface area (Å²) >= 11 is 0. The molecule has 4 rings (SSSR count). The lowest BCUT2D eigenvalue weighted by Crippen LogP contribution is -2.55. The molecular formula is C15H21N3O. The van der Waals surface area contributed by atoms with Gasteiger partial charge < -0.3 is 15.0 Å². The van der Waals surface area contributed by atoms with Crippen LogP contribution in [0.25, 0.3) is 0 Å². The van der Waals surface area contributed by atoms with Gasteiger partial charge in [0.2, 0.25) is 0 Å². The molecule has 1 aliphatic carbocycles. The van der Waals surface area contributed by atoms with Crippen molar-refractivity contribution in [2.45, 2.75) is 51.0 Å². The number of piperazine rings is 1. The van der Waals surface area contributed by atoms with Crippen LogP contribution in [0.5, 0.6) is 0 Å². The fourth-order valence-electron chi connectivity index (χ4n) is 3.24. The highest BCUT2D eigenvalue weighted by Crippen LogP contribution is 2.34. The Morgan fingerprint density at radius 3 is 3.11 bits per heavy atom. The molecule has 0 aromatic carbocycles. The van der Waals surface area contributed by atoms with Crippen molar-refractivity contribution in [3.63, 3.8) is 0 Å². The van der Waals surface area contributed by atoms with E-state index >= 15 is 0 Å². The van der Waals surface area contributed by atoms with Crippen molar-refractivity contribution in [2.24, 2.45) is 0 Å². The highest BCUT2D eigenvalue weighted by molar-refractivity contribution is 5.56. The van der Waals surface area contributed by atoms with Crippen LogP contribution in [0.2, 0.25) is 0 Å². The average Bonchev–Trinajstić information content (AvgIpc) is 3.16. The summed E-state index contributed by atoms with van der Waals surface area (Å²) in [7, 11) is 0. The van der Waals surface area contributed by atoms with Crippen molar-refractivity contribution < 1.29 is 4.74 Å². The third-order valence-electron chi connectivity index (χ3n) is 4.39. The highest BCUT2D eigenvalue weighted by Gasteiger charge is 2.36. The third kappa shape index (κ3) is 2.13. The van der Waals surface area contributed by atoms with E-state index in [1.807, 2.05) is 0 Å². The number of hydrogen-bond donors (Lipinski definition) is 1. The molecular weight excluding hydrogens is 238 g/mol. The first-order valence-corrected chi connectivity index (χ1v) is 7.41. The van der Waals surface area contributed by atoms with Gasteiger partial charge in [0.15, 0.2) is 0 Å². The van der Waals surface area contributed by atoms with Crippen molar-refractivity contribution in [1.82, 2.24) is 10.3 Å². The van der Waals surface area contributed by atoms with Crippen molar-refractivity contribution in [1.29, 1.82) is 0 Å². The zero-order valence-corrected chi connectivity index (χ0v) is 11.4. The normalized spacial score (nSPS) is 29.2. The molecule has 1 N–H and O–H groups in total. The summed E-state index contributed by atoms with van der Waals surface area (Å²) in [6.07, 6.45) is 4.08. The molecule has 0 bridgehead atoms. The fraction of sp³-hybridized carbons (Fsp3) is 0.667. The molecule has 1 aromatic rings. The molecule has 0 unspecified atom stereocenters. The van der Waals surface area contributed by atoms with Crippen LogP contribution in [0, 0.1) is 0 Å². The number of nitrogens with one attached hydrogen (secondary N) is 1. The first-order chi connectivity index (χ1) is 9.31. The monoisotopic (exact) mass is 259 g/mol. The molecule has 102 valence electrons. The van der Waals surface area contributed by atoms with Gasteiger partial charge >= 0.3 is 0 Å². The van der Waals surface area contributed by atoms with Gasteiger partial charge in [-0.3, -0.25) is 0 Å². The summed E-state index contributed by atoms with van der Waals surface area (Å²) in [5, 5.41) is 3.51. The molecule has 4 heteroatoms. The van der Waals surface area contributed by atoms with Crippen molar-refractivity contribution in [3.05, 3.63) is 23.4 Å². The molecule has 2 aliphatic heterocycles. The van der Waals surface area contributed by atoms with Crippen LogP contribution >= 0.6 is 0 Å². The van der Waals surface area contributed by atoms with E-state index in [-0.39, 0.29) is 0 Å². The average molecular weight is 259 g/mol. The van der Waals surface area contributed by atoms with Crippen LogP contribution in [0.15, 0.2) is 12.1 Å². The molecule has 0 radical (unpaired) electrons. The highest BCUT2D eigenvalue weighted by atomic mass is 16.5. The Balaban J connectivity index is 1.58. The summed E-state index contributed by atoms with van der Waals surface area (Å²) < 4.78 is 5.77. The van der Waals surface area contributed by atoms with Crippen LogP contribution in [0.4, 0.5) is 5.82 Å². The first kappa shape index (κ1) is 11.7. The Morgan fingerprint density at radius 2 is 2.26 bits per heavy atom. The molecule has 3 aliphatic rings. The van der Waals surface area contributed by atoms with Crippen LogP contribution < -0.4 is 10.2 Å². The van der Waals surface area contributed by atoms with Gasteiger partial charge in [0.25, 0.3) is 0 Å². The summed E-state index contributed by atoms with van der Waals surface area (Å²) in [5.74, 6) is 1.20. The van der Waals surface area contributed by atoms with Crippen LogP contribution in [0.1, 0.15) is 31.0 Å². The van der Waals surface area contributed by atoms with E-state index in [1.54, 1.807) is 0 Å². The molecule has 2 fully saturated rings. The molecule has 1 saturated carbocycles. The number of nitrogens with zero attached hydrogens (tertiary/aromatic N) is 2. The van der Waals surface area contributed by atoms with Gasteiger partial charge in [0.1, 0.15) is 5.82 Å². The quantitative estimate of drug-likeness (QED) is 0.892. The van der Waals surface area contributed by atoms with E-state index in [0.717, 1.165) is 25.2 Å². The zero-order valence-electron chi connectivity index (χ0n) is 11.4. The lowest BCUT2D eigenvalue weighted by Gasteiger charge is -2.37. The first-order valence-electron chi connectivity index (χ1n) is 7.41. The van der Waals surface area contributed by atoms with Gasteiger partial charge in [0.05, 0.1) is 18.4 Å². The predicted octanol–water partition coefficient (Wildman–Crippen LogP) is 1.48. The maximum absolute atomic E-state index is 5.77. The molecule has 4 nitrogen and oxygen atoms in total. The number of pyridine rings is 1. The SMILES string of the molecule is C[C@@H]1CNC[C@H]2Cc3ccc(COC4CC4)nc3N21. The third-order valence-corrected chi connectivity index (χ3v) is 4.39. The van der Waals surface area contributed by atoms with Gasteiger partial charge in [-0.25, -0.2) is 4.98 Å². The lowest BCUT2D eigenvalue weighted by atomic mass is 10.1. The van der Waals surface area contributed by atoms with E-state index in [4.69, 9.17) is 9.72 Å². The summed E-state index contributed by atoms with van der Waals surface area (Å²) in [6.45, 7) is 5.08. The fourth-order valence-corrected chi connectivity index (χ4v) is 3.24.